The van der Waals surface area contributed by atoms with E-state index in [1.807, 2.05) is 18.2 Å². The fourth-order valence-electron chi connectivity index (χ4n) is 1.73. The van der Waals surface area contributed by atoms with Gasteiger partial charge in [-0.15, -0.1) is 0 Å². The molecule has 0 saturated carbocycles. The fourth-order valence-corrected chi connectivity index (χ4v) is 2.01. The molecular formula is C14H19ClN2O. The number of halogens is 1. The Kier molecular flexibility index (Phi) is 6.56. The zero-order chi connectivity index (χ0) is 13.4. The monoisotopic (exact) mass is 266 g/mol. The molecule has 1 aromatic rings. The highest BCUT2D eigenvalue weighted by atomic mass is 35.5. The van der Waals surface area contributed by atoms with Crippen molar-refractivity contribution in [3.05, 3.63) is 28.8 Å². The second-order valence-electron chi connectivity index (χ2n) is 4.28. The minimum absolute atomic E-state index is 0.624. The third-order valence-electron chi connectivity index (χ3n) is 2.83. The highest BCUT2D eigenvalue weighted by Gasteiger charge is 2.03. The van der Waals surface area contributed by atoms with Crippen molar-refractivity contribution in [1.82, 2.24) is 4.90 Å². The van der Waals surface area contributed by atoms with Crippen LogP contribution >= 0.6 is 11.6 Å². The maximum Gasteiger partial charge on any atom is 0.137 e. The number of likely N-dealkylation sites (N-methyl/N-ethyl adjacent to an activating group) is 1. The Balaban J connectivity index is 2.39. The SMILES string of the molecule is COc1ccc(CCN(C)CCCC#N)cc1Cl. The van der Waals surface area contributed by atoms with Gasteiger partial charge in [0.2, 0.25) is 0 Å². The summed E-state index contributed by atoms with van der Waals surface area (Å²) in [6.07, 6.45) is 2.50. The summed E-state index contributed by atoms with van der Waals surface area (Å²) in [5.74, 6) is 0.711. The normalized spacial score (nSPS) is 10.4. The molecule has 0 N–H and O–H groups in total. The predicted molar refractivity (Wildman–Crippen MR) is 74.1 cm³/mol. The van der Waals surface area contributed by atoms with Crippen molar-refractivity contribution in [2.75, 3.05) is 27.2 Å². The molecule has 98 valence electrons. The summed E-state index contributed by atoms with van der Waals surface area (Å²) in [6, 6.07) is 8.04. The molecule has 0 aromatic heterocycles. The van der Waals surface area contributed by atoms with E-state index in [-0.39, 0.29) is 0 Å². The van der Waals surface area contributed by atoms with E-state index in [4.69, 9.17) is 21.6 Å². The zero-order valence-corrected chi connectivity index (χ0v) is 11.7. The van der Waals surface area contributed by atoms with Crippen LogP contribution in [0.2, 0.25) is 5.02 Å². The first-order valence-electron chi connectivity index (χ1n) is 6.05. The molecular weight excluding hydrogens is 248 g/mol. The number of rotatable bonds is 7. The lowest BCUT2D eigenvalue weighted by Gasteiger charge is -2.15. The zero-order valence-electron chi connectivity index (χ0n) is 10.9. The molecule has 1 aromatic carbocycles. The molecule has 0 radical (unpaired) electrons. The van der Waals surface area contributed by atoms with Crippen LogP contribution in [-0.2, 0) is 6.42 Å². The van der Waals surface area contributed by atoms with Crippen LogP contribution in [0.15, 0.2) is 18.2 Å². The lowest BCUT2D eigenvalue weighted by atomic mass is 10.1. The van der Waals surface area contributed by atoms with Crippen LogP contribution in [0.5, 0.6) is 5.75 Å². The van der Waals surface area contributed by atoms with Crippen LogP contribution in [0.4, 0.5) is 0 Å². The molecule has 0 unspecified atom stereocenters. The van der Waals surface area contributed by atoms with Gasteiger partial charge in [0.1, 0.15) is 5.75 Å². The van der Waals surface area contributed by atoms with Crippen LogP contribution in [0.1, 0.15) is 18.4 Å². The smallest absolute Gasteiger partial charge is 0.137 e. The van der Waals surface area contributed by atoms with Crippen molar-refractivity contribution >= 4 is 11.6 Å². The highest BCUT2D eigenvalue weighted by Crippen LogP contribution is 2.25. The Morgan fingerprint density at radius 1 is 1.39 bits per heavy atom. The quantitative estimate of drug-likeness (QED) is 0.712. The number of ether oxygens (including phenoxy) is 1. The van der Waals surface area contributed by atoms with E-state index in [2.05, 4.69) is 18.0 Å². The maximum atomic E-state index is 8.47. The van der Waals surface area contributed by atoms with Crippen LogP contribution in [-0.4, -0.2) is 32.1 Å². The first-order chi connectivity index (χ1) is 8.67. The van der Waals surface area contributed by atoms with Crippen LogP contribution < -0.4 is 4.74 Å². The highest BCUT2D eigenvalue weighted by molar-refractivity contribution is 6.32. The molecule has 0 aliphatic carbocycles. The molecule has 0 aliphatic heterocycles. The Hall–Kier alpha value is -1.24. The molecule has 0 saturated heterocycles. The number of hydrogen-bond donors (Lipinski definition) is 0. The Labute approximate surface area is 114 Å². The summed E-state index contributed by atoms with van der Waals surface area (Å²) in [5.41, 5.74) is 1.20. The average molecular weight is 267 g/mol. The van der Waals surface area contributed by atoms with Gasteiger partial charge in [-0.05, 0) is 44.1 Å². The van der Waals surface area contributed by atoms with Crippen molar-refractivity contribution in [2.24, 2.45) is 0 Å². The Bertz CT molecular complexity index is 415. The van der Waals surface area contributed by atoms with Gasteiger partial charge in [-0.1, -0.05) is 17.7 Å². The molecule has 0 fully saturated rings. The largest absolute Gasteiger partial charge is 0.495 e. The maximum absolute atomic E-state index is 8.47. The van der Waals surface area contributed by atoms with Gasteiger partial charge in [0.05, 0.1) is 18.2 Å². The molecule has 0 heterocycles. The topological polar surface area (TPSA) is 36.3 Å². The van der Waals surface area contributed by atoms with Gasteiger partial charge in [0.25, 0.3) is 0 Å². The summed E-state index contributed by atoms with van der Waals surface area (Å²) >= 11 is 6.07. The molecule has 4 heteroatoms. The van der Waals surface area contributed by atoms with E-state index in [1.165, 1.54) is 5.56 Å². The van der Waals surface area contributed by atoms with Crippen molar-refractivity contribution in [1.29, 1.82) is 5.26 Å². The molecule has 0 aliphatic rings. The Morgan fingerprint density at radius 3 is 2.78 bits per heavy atom. The molecule has 0 bridgehead atoms. The number of nitrogens with zero attached hydrogens (tertiary/aromatic N) is 2. The summed E-state index contributed by atoms with van der Waals surface area (Å²) in [5, 5.41) is 9.13. The minimum Gasteiger partial charge on any atom is -0.495 e. The van der Waals surface area contributed by atoms with Gasteiger partial charge in [0, 0.05) is 13.0 Å². The van der Waals surface area contributed by atoms with Gasteiger partial charge < -0.3 is 9.64 Å². The Morgan fingerprint density at radius 2 is 2.17 bits per heavy atom. The predicted octanol–water partition coefficient (Wildman–Crippen LogP) is 3.13. The van der Waals surface area contributed by atoms with Gasteiger partial charge in [-0.3, -0.25) is 0 Å². The number of nitriles is 1. The third-order valence-corrected chi connectivity index (χ3v) is 3.12. The lowest BCUT2D eigenvalue weighted by molar-refractivity contribution is 0.335. The summed E-state index contributed by atoms with van der Waals surface area (Å²) in [7, 11) is 3.69. The summed E-state index contributed by atoms with van der Waals surface area (Å²) in [4.78, 5) is 2.23. The second-order valence-corrected chi connectivity index (χ2v) is 4.69. The van der Waals surface area contributed by atoms with Gasteiger partial charge >= 0.3 is 0 Å². The van der Waals surface area contributed by atoms with Crippen LogP contribution in [0.25, 0.3) is 0 Å². The number of hydrogen-bond acceptors (Lipinski definition) is 3. The van der Waals surface area contributed by atoms with Gasteiger partial charge in [-0.25, -0.2) is 0 Å². The van der Waals surface area contributed by atoms with E-state index >= 15 is 0 Å². The number of benzene rings is 1. The molecule has 0 amide bonds. The van der Waals surface area contributed by atoms with E-state index in [0.29, 0.717) is 17.2 Å². The molecule has 18 heavy (non-hydrogen) atoms. The minimum atomic E-state index is 0.624. The molecule has 0 spiro atoms. The lowest BCUT2D eigenvalue weighted by Crippen LogP contribution is -2.22. The molecule has 0 atom stereocenters. The van der Waals surface area contributed by atoms with Gasteiger partial charge in [-0.2, -0.15) is 5.26 Å². The number of methoxy groups -OCH3 is 1. The standard InChI is InChI=1S/C14H19ClN2O/c1-17(9-4-3-8-16)10-7-12-5-6-14(18-2)13(15)11-12/h5-6,11H,3-4,7,9-10H2,1-2H3. The summed E-state index contributed by atoms with van der Waals surface area (Å²) < 4.78 is 5.12. The first kappa shape index (κ1) is 14.8. The van der Waals surface area contributed by atoms with Crippen molar-refractivity contribution < 1.29 is 4.74 Å². The summed E-state index contributed by atoms with van der Waals surface area (Å²) in [6.45, 7) is 1.92. The van der Waals surface area contributed by atoms with E-state index in [9.17, 15) is 0 Å². The second kappa shape index (κ2) is 7.97. The molecule has 3 nitrogen and oxygen atoms in total. The van der Waals surface area contributed by atoms with Crippen LogP contribution in [0.3, 0.4) is 0 Å². The first-order valence-corrected chi connectivity index (χ1v) is 6.43. The van der Waals surface area contributed by atoms with E-state index in [0.717, 1.165) is 25.9 Å². The van der Waals surface area contributed by atoms with Crippen molar-refractivity contribution in [3.8, 4) is 11.8 Å². The fraction of sp³-hybridized carbons (Fsp3) is 0.500. The van der Waals surface area contributed by atoms with Crippen molar-refractivity contribution in [2.45, 2.75) is 19.3 Å². The van der Waals surface area contributed by atoms with E-state index < -0.39 is 0 Å². The third kappa shape index (κ3) is 4.95. The van der Waals surface area contributed by atoms with Crippen molar-refractivity contribution in [3.63, 3.8) is 0 Å². The van der Waals surface area contributed by atoms with Gasteiger partial charge in [0.15, 0.2) is 0 Å². The molecule has 1 rings (SSSR count). The number of unbranched alkanes of at least 4 members (excludes halogenated alkanes) is 1. The van der Waals surface area contributed by atoms with E-state index in [1.54, 1.807) is 7.11 Å². The van der Waals surface area contributed by atoms with Crippen LogP contribution in [0, 0.1) is 11.3 Å². The average Bonchev–Trinajstić information content (AvgIpc) is 2.37.